The molecule has 0 spiro atoms. The van der Waals surface area contributed by atoms with E-state index in [-0.39, 0.29) is 17.3 Å². The second kappa shape index (κ2) is 7.77. The first-order valence-electron chi connectivity index (χ1n) is 8.36. The molecule has 0 aliphatic heterocycles. The van der Waals surface area contributed by atoms with Crippen LogP contribution in [0.1, 0.15) is 27.2 Å². The van der Waals surface area contributed by atoms with Gasteiger partial charge in [0.2, 0.25) is 10.0 Å². The lowest BCUT2D eigenvalue weighted by atomic mass is 10.1. The Balaban J connectivity index is 1.67. The summed E-state index contributed by atoms with van der Waals surface area (Å²) < 4.78 is 32.2. The van der Waals surface area contributed by atoms with Crippen LogP contribution in [0.25, 0.3) is 0 Å². The van der Waals surface area contributed by atoms with Crippen molar-refractivity contribution in [3.8, 4) is 0 Å². The van der Waals surface area contributed by atoms with Crippen LogP contribution >= 0.6 is 0 Å². The number of benzene rings is 2. The lowest BCUT2D eigenvalue weighted by molar-refractivity contribution is 0.102. The molecule has 0 radical (unpaired) electrons. The third-order valence-corrected chi connectivity index (χ3v) is 5.63. The Morgan fingerprint density at radius 2 is 1.74 bits per heavy atom. The van der Waals surface area contributed by atoms with Crippen LogP contribution < -0.4 is 10.0 Å². The molecular formula is C20H20N2O4S. The van der Waals surface area contributed by atoms with Crippen molar-refractivity contribution < 1.29 is 17.6 Å². The summed E-state index contributed by atoms with van der Waals surface area (Å²) in [5, 5.41) is 2.77. The molecule has 2 N–H and O–H groups in total. The minimum atomic E-state index is -3.67. The van der Waals surface area contributed by atoms with E-state index >= 15 is 0 Å². The normalized spacial score (nSPS) is 11.3. The van der Waals surface area contributed by atoms with Gasteiger partial charge in [0.05, 0.1) is 17.7 Å². The molecular weight excluding hydrogens is 364 g/mol. The summed E-state index contributed by atoms with van der Waals surface area (Å²) in [7, 11) is -3.67. The lowest BCUT2D eigenvalue weighted by Gasteiger charge is -2.09. The molecule has 0 aliphatic rings. The summed E-state index contributed by atoms with van der Waals surface area (Å²) in [6.07, 6.45) is 1.48. The Kier molecular flexibility index (Phi) is 5.43. The first-order chi connectivity index (χ1) is 12.8. The van der Waals surface area contributed by atoms with Crippen LogP contribution in [0.2, 0.25) is 0 Å². The number of furan rings is 1. The number of aryl methyl sites for hydroxylation is 2. The predicted octanol–water partition coefficient (Wildman–Crippen LogP) is 3.63. The van der Waals surface area contributed by atoms with Gasteiger partial charge in [0.15, 0.2) is 0 Å². The van der Waals surface area contributed by atoms with Crippen LogP contribution in [-0.4, -0.2) is 14.3 Å². The van der Waals surface area contributed by atoms with Gasteiger partial charge in [-0.2, -0.15) is 0 Å². The van der Waals surface area contributed by atoms with Gasteiger partial charge in [0.1, 0.15) is 5.76 Å². The molecule has 3 rings (SSSR count). The summed E-state index contributed by atoms with van der Waals surface area (Å²) in [5.41, 5.74) is 3.22. The molecule has 1 aromatic heterocycles. The summed E-state index contributed by atoms with van der Waals surface area (Å²) in [6, 6.07) is 14.9. The Morgan fingerprint density at radius 1 is 1.00 bits per heavy atom. The third-order valence-electron chi connectivity index (χ3n) is 4.21. The van der Waals surface area contributed by atoms with Gasteiger partial charge in [-0.05, 0) is 73.5 Å². The van der Waals surface area contributed by atoms with Crippen molar-refractivity contribution in [1.82, 2.24) is 4.72 Å². The fourth-order valence-corrected chi connectivity index (χ4v) is 3.46. The zero-order chi connectivity index (χ0) is 19.4. The number of rotatable bonds is 6. The van der Waals surface area contributed by atoms with Gasteiger partial charge in [-0.15, -0.1) is 0 Å². The lowest BCUT2D eigenvalue weighted by Crippen LogP contribution is -2.23. The summed E-state index contributed by atoms with van der Waals surface area (Å²) in [6.45, 7) is 4.00. The van der Waals surface area contributed by atoms with Gasteiger partial charge in [0.25, 0.3) is 5.91 Å². The van der Waals surface area contributed by atoms with Crippen molar-refractivity contribution in [2.75, 3.05) is 5.32 Å². The fraction of sp³-hybridized carbons (Fsp3) is 0.150. The van der Waals surface area contributed by atoms with Gasteiger partial charge in [-0.25, -0.2) is 13.1 Å². The van der Waals surface area contributed by atoms with E-state index in [4.69, 9.17) is 4.42 Å². The number of hydrogen-bond acceptors (Lipinski definition) is 4. The Bertz CT molecular complexity index is 1040. The van der Waals surface area contributed by atoms with Crippen molar-refractivity contribution in [3.63, 3.8) is 0 Å². The molecule has 0 saturated carbocycles. The molecule has 2 aromatic carbocycles. The molecule has 0 saturated heterocycles. The van der Waals surface area contributed by atoms with E-state index in [1.807, 2.05) is 26.0 Å². The number of amides is 1. The highest BCUT2D eigenvalue weighted by Crippen LogP contribution is 2.16. The molecule has 0 bridgehead atoms. The van der Waals surface area contributed by atoms with E-state index in [1.165, 1.54) is 18.4 Å². The molecule has 1 heterocycles. The maximum Gasteiger partial charge on any atom is 0.255 e. The van der Waals surface area contributed by atoms with E-state index in [2.05, 4.69) is 10.0 Å². The van der Waals surface area contributed by atoms with Gasteiger partial charge >= 0.3 is 0 Å². The molecule has 0 atom stereocenters. The molecule has 7 heteroatoms. The van der Waals surface area contributed by atoms with Gasteiger partial charge in [-0.1, -0.05) is 6.07 Å². The van der Waals surface area contributed by atoms with Crippen LogP contribution in [0.3, 0.4) is 0 Å². The van der Waals surface area contributed by atoms with Gasteiger partial charge in [-0.3, -0.25) is 4.79 Å². The minimum absolute atomic E-state index is 0.0700. The zero-order valence-electron chi connectivity index (χ0n) is 15.0. The Labute approximate surface area is 158 Å². The van der Waals surface area contributed by atoms with E-state index in [0.29, 0.717) is 17.0 Å². The minimum Gasteiger partial charge on any atom is -0.468 e. The maximum absolute atomic E-state index is 12.3. The summed E-state index contributed by atoms with van der Waals surface area (Å²) in [5.74, 6) is 0.278. The number of hydrogen-bond donors (Lipinski definition) is 2. The number of sulfonamides is 1. The van der Waals surface area contributed by atoms with E-state index in [1.54, 1.807) is 30.3 Å². The SMILES string of the molecule is Cc1ccc(C(=O)Nc2ccc(S(=O)(=O)NCc3ccco3)cc2)cc1C. The molecule has 1 amide bonds. The molecule has 0 fully saturated rings. The Morgan fingerprint density at radius 3 is 2.37 bits per heavy atom. The van der Waals surface area contributed by atoms with E-state index in [0.717, 1.165) is 11.1 Å². The molecule has 0 aliphatic carbocycles. The highest BCUT2D eigenvalue weighted by atomic mass is 32.2. The standard InChI is InChI=1S/C20H20N2O4S/c1-14-5-6-16(12-15(14)2)20(23)22-17-7-9-19(10-8-17)27(24,25)21-13-18-4-3-11-26-18/h3-12,21H,13H2,1-2H3,(H,22,23). The first kappa shape index (κ1) is 18.9. The van der Waals surface area contributed by atoms with Crippen molar-refractivity contribution in [2.24, 2.45) is 0 Å². The second-order valence-electron chi connectivity index (χ2n) is 6.18. The quantitative estimate of drug-likeness (QED) is 0.679. The number of nitrogens with one attached hydrogen (secondary N) is 2. The zero-order valence-corrected chi connectivity index (χ0v) is 15.8. The fourth-order valence-electron chi connectivity index (χ4n) is 2.47. The van der Waals surface area contributed by atoms with Crippen molar-refractivity contribution >= 4 is 21.6 Å². The van der Waals surface area contributed by atoms with Crippen LogP contribution in [0.4, 0.5) is 5.69 Å². The van der Waals surface area contributed by atoms with Crippen LogP contribution in [0.5, 0.6) is 0 Å². The molecule has 6 nitrogen and oxygen atoms in total. The first-order valence-corrected chi connectivity index (χ1v) is 9.84. The third kappa shape index (κ3) is 4.64. The monoisotopic (exact) mass is 384 g/mol. The highest BCUT2D eigenvalue weighted by Gasteiger charge is 2.15. The second-order valence-corrected chi connectivity index (χ2v) is 7.95. The van der Waals surface area contributed by atoms with E-state index in [9.17, 15) is 13.2 Å². The van der Waals surface area contributed by atoms with Gasteiger partial charge in [0, 0.05) is 11.3 Å². The molecule has 27 heavy (non-hydrogen) atoms. The topological polar surface area (TPSA) is 88.4 Å². The van der Waals surface area contributed by atoms with Gasteiger partial charge < -0.3 is 9.73 Å². The summed E-state index contributed by atoms with van der Waals surface area (Å²) >= 11 is 0. The summed E-state index contributed by atoms with van der Waals surface area (Å²) in [4.78, 5) is 12.5. The Hall–Kier alpha value is -2.90. The van der Waals surface area contributed by atoms with Crippen molar-refractivity contribution in [1.29, 1.82) is 0 Å². The van der Waals surface area contributed by atoms with Crippen molar-refractivity contribution in [2.45, 2.75) is 25.3 Å². The van der Waals surface area contributed by atoms with Crippen LogP contribution in [-0.2, 0) is 16.6 Å². The maximum atomic E-state index is 12.3. The highest BCUT2D eigenvalue weighted by molar-refractivity contribution is 7.89. The molecule has 140 valence electrons. The number of anilines is 1. The molecule has 0 unspecified atom stereocenters. The smallest absolute Gasteiger partial charge is 0.255 e. The average molecular weight is 384 g/mol. The van der Waals surface area contributed by atoms with Crippen LogP contribution in [0, 0.1) is 13.8 Å². The number of carbonyl (C=O) groups is 1. The predicted molar refractivity (Wildman–Crippen MR) is 103 cm³/mol. The van der Waals surface area contributed by atoms with Crippen LogP contribution in [0.15, 0.2) is 70.2 Å². The molecule has 3 aromatic rings. The number of carbonyl (C=O) groups excluding carboxylic acids is 1. The average Bonchev–Trinajstić information content (AvgIpc) is 3.16. The van der Waals surface area contributed by atoms with E-state index < -0.39 is 10.0 Å². The largest absolute Gasteiger partial charge is 0.468 e. The van der Waals surface area contributed by atoms with Crippen molar-refractivity contribution in [3.05, 3.63) is 83.3 Å².